The van der Waals surface area contributed by atoms with E-state index in [1.807, 2.05) is 0 Å². The van der Waals surface area contributed by atoms with Crippen LogP contribution < -0.4 is 4.74 Å². The predicted octanol–water partition coefficient (Wildman–Crippen LogP) is 2.93. The molecule has 0 bridgehead atoms. The first-order chi connectivity index (χ1) is 6.70. The molecule has 1 aromatic carbocycles. The molecule has 0 aliphatic rings. The summed E-state index contributed by atoms with van der Waals surface area (Å²) in [6.45, 7) is 0. The fourth-order valence-electron chi connectivity index (χ4n) is 0.861. The molecule has 0 saturated carbocycles. The highest BCUT2D eigenvalue weighted by Gasteiger charge is 2.33. The molecule has 0 unspecified atom stereocenters. The Morgan fingerprint density at radius 3 is 2.12 bits per heavy atom. The molecule has 3 nitrogen and oxygen atoms in total. The molecule has 0 saturated heterocycles. The van der Waals surface area contributed by atoms with Crippen LogP contribution in [0.4, 0.5) is 13.2 Å². The van der Waals surface area contributed by atoms with E-state index < -0.39 is 26.1 Å². The molecule has 0 N–H and O–H groups in total. The summed E-state index contributed by atoms with van der Waals surface area (Å²) < 4.78 is 60.8. The van der Waals surface area contributed by atoms with E-state index in [1.165, 1.54) is 12.1 Å². The number of para-hydroxylation sites is 1. The summed E-state index contributed by atoms with van der Waals surface area (Å²) in [4.78, 5) is -0.719. The minimum absolute atomic E-state index is 0. The average Bonchev–Trinajstić information content (AvgIpc) is 1.99. The highest BCUT2D eigenvalue weighted by atomic mass is 35.7. The van der Waals surface area contributed by atoms with Gasteiger partial charge in [0.25, 0.3) is 9.05 Å². The largest absolute Gasteiger partial charge is 0.573 e. The molecule has 1 rings (SSSR count). The zero-order chi connectivity index (χ0) is 11.7. The monoisotopic (exact) mass is 296 g/mol. The summed E-state index contributed by atoms with van der Waals surface area (Å²) in [6.07, 6.45) is -4.96. The van der Waals surface area contributed by atoms with Crippen LogP contribution in [-0.4, -0.2) is 14.8 Å². The number of halogens is 5. The van der Waals surface area contributed by atoms with Gasteiger partial charge in [0.05, 0.1) is 0 Å². The molecular weight excluding hydrogens is 292 g/mol. The third-order valence-corrected chi connectivity index (χ3v) is 2.70. The maximum Gasteiger partial charge on any atom is 0.573 e. The van der Waals surface area contributed by atoms with Crippen molar-refractivity contribution >= 4 is 32.1 Å². The lowest BCUT2D eigenvalue weighted by molar-refractivity contribution is -0.275. The first kappa shape index (κ1) is 15.3. The fraction of sp³-hybridized carbons (Fsp3) is 0.143. The quantitative estimate of drug-likeness (QED) is 0.788. The Balaban J connectivity index is 0.00000225. The Morgan fingerprint density at radius 2 is 1.69 bits per heavy atom. The normalized spacial score (nSPS) is 11.8. The van der Waals surface area contributed by atoms with E-state index in [9.17, 15) is 21.6 Å². The van der Waals surface area contributed by atoms with Crippen LogP contribution in [0.15, 0.2) is 29.2 Å². The van der Waals surface area contributed by atoms with Gasteiger partial charge in [0.1, 0.15) is 10.6 Å². The van der Waals surface area contributed by atoms with Crippen molar-refractivity contribution in [3.8, 4) is 5.75 Å². The van der Waals surface area contributed by atoms with Gasteiger partial charge in [-0.25, -0.2) is 8.42 Å². The second kappa shape index (κ2) is 5.11. The third kappa shape index (κ3) is 4.46. The topological polar surface area (TPSA) is 43.4 Å². The van der Waals surface area contributed by atoms with Gasteiger partial charge in [-0.2, -0.15) is 0 Å². The Kier molecular flexibility index (Phi) is 4.90. The second-order valence-electron chi connectivity index (χ2n) is 2.43. The number of alkyl halides is 3. The van der Waals surface area contributed by atoms with Crippen LogP contribution in [0.2, 0.25) is 0 Å². The summed E-state index contributed by atoms with van der Waals surface area (Å²) >= 11 is 0. The SMILES string of the molecule is Cl.O=S(=O)(Cl)c1ccccc1OC(F)(F)F. The fourth-order valence-corrected chi connectivity index (χ4v) is 1.83. The molecule has 0 aliphatic heterocycles. The number of hydrogen-bond donors (Lipinski definition) is 0. The Hall–Kier alpha value is -0.660. The molecule has 9 heteroatoms. The number of rotatable bonds is 2. The smallest absolute Gasteiger partial charge is 0.404 e. The molecule has 0 aromatic heterocycles. The molecule has 0 aliphatic carbocycles. The van der Waals surface area contributed by atoms with Crippen LogP contribution in [0.1, 0.15) is 0 Å². The first-order valence-corrected chi connectivity index (χ1v) is 5.80. The molecule has 0 spiro atoms. The minimum Gasteiger partial charge on any atom is -0.404 e. The minimum atomic E-state index is -4.96. The Bertz CT molecular complexity index is 458. The Labute approximate surface area is 100.0 Å². The highest BCUT2D eigenvalue weighted by Crippen LogP contribution is 2.30. The van der Waals surface area contributed by atoms with E-state index in [-0.39, 0.29) is 12.4 Å². The average molecular weight is 297 g/mol. The number of ether oxygens (including phenoxy) is 1. The van der Waals surface area contributed by atoms with Crippen molar-refractivity contribution in [1.29, 1.82) is 0 Å². The zero-order valence-corrected chi connectivity index (χ0v) is 9.75. The molecule has 0 amide bonds. The maximum atomic E-state index is 11.8. The first-order valence-electron chi connectivity index (χ1n) is 3.49. The second-order valence-corrected chi connectivity index (χ2v) is 4.97. The van der Waals surface area contributed by atoms with E-state index in [4.69, 9.17) is 10.7 Å². The van der Waals surface area contributed by atoms with Crippen LogP contribution in [-0.2, 0) is 9.05 Å². The number of hydrogen-bond acceptors (Lipinski definition) is 3. The Morgan fingerprint density at radius 1 is 1.19 bits per heavy atom. The van der Waals surface area contributed by atoms with Gasteiger partial charge in [-0.05, 0) is 12.1 Å². The molecule has 0 heterocycles. The maximum absolute atomic E-state index is 11.8. The summed E-state index contributed by atoms with van der Waals surface area (Å²) in [7, 11) is 0.659. The molecule has 0 radical (unpaired) electrons. The van der Waals surface area contributed by atoms with Crippen molar-refractivity contribution in [3.63, 3.8) is 0 Å². The van der Waals surface area contributed by atoms with Crippen molar-refractivity contribution in [2.24, 2.45) is 0 Å². The van der Waals surface area contributed by atoms with Gasteiger partial charge < -0.3 is 4.74 Å². The van der Waals surface area contributed by atoms with E-state index in [1.54, 1.807) is 0 Å². The molecule has 92 valence electrons. The van der Waals surface area contributed by atoms with Gasteiger partial charge in [0.2, 0.25) is 0 Å². The van der Waals surface area contributed by atoms with E-state index in [2.05, 4.69) is 4.74 Å². The summed E-state index contributed by atoms with van der Waals surface area (Å²) in [5, 5.41) is 0. The van der Waals surface area contributed by atoms with Crippen LogP contribution in [0.5, 0.6) is 5.75 Å². The van der Waals surface area contributed by atoms with Crippen molar-refractivity contribution in [2.45, 2.75) is 11.3 Å². The summed E-state index contributed by atoms with van der Waals surface area (Å²) in [5.74, 6) is -0.847. The summed E-state index contributed by atoms with van der Waals surface area (Å²) in [6, 6.07) is 4.22. The predicted molar refractivity (Wildman–Crippen MR) is 53.4 cm³/mol. The molecule has 0 atom stereocenters. The van der Waals surface area contributed by atoms with E-state index in [0.29, 0.717) is 0 Å². The lowest BCUT2D eigenvalue weighted by Crippen LogP contribution is -2.18. The van der Waals surface area contributed by atoms with Crippen molar-refractivity contribution in [3.05, 3.63) is 24.3 Å². The van der Waals surface area contributed by atoms with Crippen LogP contribution in [0, 0.1) is 0 Å². The van der Waals surface area contributed by atoms with Gasteiger partial charge in [0, 0.05) is 10.7 Å². The van der Waals surface area contributed by atoms with Gasteiger partial charge in [-0.15, -0.1) is 25.6 Å². The van der Waals surface area contributed by atoms with Gasteiger partial charge in [-0.1, -0.05) is 12.1 Å². The van der Waals surface area contributed by atoms with Crippen molar-refractivity contribution in [2.75, 3.05) is 0 Å². The van der Waals surface area contributed by atoms with Gasteiger partial charge in [0.15, 0.2) is 0 Å². The van der Waals surface area contributed by atoms with Crippen molar-refractivity contribution < 1.29 is 26.3 Å². The van der Waals surface area contributed by atoms with Gasteiger partial charge >= 0.3 is 6.36 Å². The van der Waals surface area contributed by atoms with Crippen LogP contribution in [0.25, 0.3) is 0 Å². The zero-order valence-electron chi connectivity index (χ0n) is 7.36. The number of benzene rings is 1. The standard InChI is InChI=1S/C7H4ClF3O3S.ClH/c8-15(12,13)6-4-2-1-3-5(6)14-7(9,10)11;/h1-4H;1H. The van der Waals surface area contributed by atoms with Crippen LogP contribution >= 0.6 is 23.1 Å². The lowest BCUT2D eigenvalue weighted by atomic mass is 10.3. The van der Waals surface area contributed by atoms with Crippen molar-refractivity contribution in [1.82, 2.24) is 0 Å². The lowest BCUT2D eigenvalue weighted by Gasteiger charge is -2.10. The summed E-state index contributed by atoms with van der Waals surface area (Å²) in [5.41, 5.74) is 0. The van der Waals surface area contributed by atoms with E-state index in [0.717, 1.165) is 12.1 Å². The van der Waals surface area contributed by atoms with E-state index >= 15 is 0 Å². The molecular formula is C7H5Cl2F3O3S. The highest BCUT2D eigenvalue weighted by molar-refractivity contribution is 8.13. The van der Waals surface area contributed by atoms with Gasteiger partial charge in [-0.3, -0.25) is 0 Å². The third-order valence-electron chi connectivity index (χ3n) is 1.34. The molecule has 16 heavy (non-hydrogen) atoms. The van der Waals surface area contributed by atoms with Crippen LogP contribution in [0.3, 0.4) is 0 Å². The molecule has 0 fully saturated rings. The molecule has 1 aromatic rings.